The van der Waals surface area contributed by atoms with Crippen molar-refractivity contribution in [3.63, 3.8) is 0 Å². The van der Waals surface area contributed by atoms with E-state index in [1.807, 2.05) is 0 Å². The Morgan fingerprint density at radius 3 is 2.44 bits per heavy atom. The fourth-order valence-electron chi connectivity index (χ4n) is 4.10. The molecule has 3 aromatic rings. The number of sulfonamides is 1. The van der Waals surface area contributed by atoms with E-state index in [1.54, 1.807) is 24.3 Å². The summed E-state index contributed by atoms with van der Waals surface area (Å²) in [4.78, 5) is 14.3. The van der Waals surface area contributed by atoms with Gasteiger partial charge in [-0.2, -0.15) is 0 Å². The Kier molecular flexibility index (Phi) is 7.65. The van der Waals surface area contributed by atoms with Crippen molar-refractivity contribution in [3.05, 3.63) is 83.4 Å². The van der Waals surface area contributed by atoms with Crippen LogP contribution in [0, 0.1) is 11.6 Å². The lowest BCUT2D eigenvalue weighted by atomic mass is 10.1. The number of hydrogen-bond donors (Lipinski definition) is 1. The Hall–Kier alpha value is -3.37. The van der Waals surface area contributed by atoms with Crippen LogP contribution in [0.2, 0.25) is 5.02 Å². The van der Waals surface area contributed by atoms with E-state index in [4.69, 9.17) is 16.3 Å². The third-order valence-electron chi connectivity index (χ3n) is 5.87. The number of amides is 2. The molecule has 0 spiro atoms. The van der Waals surface area contributed by atoms with E-state index in [2.05, 4.69) is 5.32 Å². The second-order valence-electron chi connectivity index (χ2n) is 8.25. The maximum Gasteiger partial charge on any atom is 0.321 e. The fraction of sp³-hybridized carbons (Fsp3) is 0.240. The zero-order chi connectivity index (χ0) is 25.9. The summed E-state index contributed by atoms with van der Waals surface area (Å²) in [5.41, 5.74) is 0.108. The predicted octanol–water partition coefficient (Wildman–Crippen LogP) is 5.52. The van der Waals surface area contributed by atoms with Crippen LogP contribution in [0.25, 0.3) is 0 Å². The van der Waals surface area contributed by atoms with Crippen molar-refractivity contribution < 1.29 is 26.7 Å². The highest BCUT2D eigenvalue weighted by atomic mass is 35.5. The number of halogens is 3. The SMILES string of the molecule is COc1ccc(NC(=O)N2CCCC(N(c3cc(F)ccc3F)S(=O)(=O)c3ccc(Cl)cc3)C2)cc1. The molecule has 36 heavy (non-hydrogen) atoms. The third-order valence-corrected chi connectivity index (χ3v) is 8.01. The number of nitrogens with one attached hydrogen (secondary N) is 1. The zero-order valence-electron chi connectivity index (χ0n) is 19.3. The molecule has 0 aliphatic carbocycles. The van der Waals surface area contributed by atoms with E-state index in [0.29, 0.717) is 35.8 Å². The molecule has 1 aliphatic rings. The molecular weight excluding hydrogens is 512 g/mol. The minimum atomic E-state index is -4.33. The number of ether oxygens (including phenoxy) is 1. The number of carbonyl (C=O) groups excluding carboxylic acids is 1. The summed E-state index contributed by atoms with van der Waals surface area (Å²) in [6.07, 6.45) is 0.805. The lowest BCUT2D eigenvalue weighted by Gasteiger charge is -2.39. The van der Waals surface area contributed by atoms with Crippen LogP contribution in [0.5, 0.6) is 5.75 Å². The topological polar surface area (TPSA) is 79.0 Å². The molecule has 0 aromatic heterocycles. The van der Waals surface area contributed by atoms with Crippen LogP contribution >= 0.6 is 11.6 Å². The van der Waals surface area contributed by atoms with Crippen LogP contribution in [0.1, 0.15) is 12.8 Å². The van der Waals surface area contributed by atoms with Crippen molar-refractivity contribution in [1.29, 1.82) is 0 Å². The van der Waals surface area contributed by atoms with Gasteiger partial charge in [-0.1, -0.05) is 11.6 Å². The van der Waals surface area contributed by atoms with Gasteiger partial charge < -0.3 is 15.0 Å². The van der Waals surface area contributed by atoms with Gasteiger partial charge in [0.05, 0.1) is 23.7 Å². The first kappa shape index (κ1) is 25.7. The van der Waals surface area contributed by atoms with E-state index < -0.39 is 39.4 Å². The summed E-state index contributed by atoms with van der Waals surface area (Å²) >= 11 is 5.91. The van der Waals surface area contributed by atoms with Gasteiger partial charge in [0.15, 0.2) is 0 Å². The molecule has 0 saturated carbocycles. The van der Waals surface area contributed by atoms with Gasteiger partial charge in [-0.05, 0) is 73.5 Å². The number of benzene rings is 3. The summed E-state index contributed by atoms with van der Waals surface area (Å²) in [7, 11) is -2.80. The number of rotatable bonds is 6. The minimum Gasteiger partial charge on any atom is -0.497 e. The Labute approximate surface area is 213 Å². The number of hydrogen-bond acceptors (Lipinski definition) is 4. The molecule has 1 saturated heterocycles. The average molecular weight is 536 g/mol. The Bertz CT molecular complexity index is 1340. The molecule has 4 rings (SSSR count). The van der Waals surface area contributed by atoms with Crippen LogP contribution in [-0.2, 0) is 10.0 Å². The van der Waals surface area contributed by atoms with Gasteiger partial charge >= 0.3 is 6.03 Å². The molecule has 2 amide bonds. The first-order chi connectivity index (χ1) is 17.2. The molecule has 1 N–H and O–H groups in total. The number of piperidine rings is 1. The van der Waals surface area contributed by atoms with E-state index in [-0.39, 0.29) is 11.4 Å². The van der Waals surface area contributed by atoms with Crippen molar-refractivity contribution in [3.8, 4) is 5.75 Å². The molecular formula is C25H24ClF2N3O4S. The van der Waals surface area contributed by atoms with Crippen molar-refractivity contribution in [2.75, 3.05) is 29.8 Å². The van der Waals surface area contributed by atoms with E-state index >= 15 is 0 Å². The average Bonchev–Trinajstić information content (AvgIpc) is 2.87. The standard InChI is InChI=1S/C25H24ClF2N3O4S/c1-35-21-9-7-19(8-10-21)29-25(32)30-14-2-3-20(16-30)31(24-15-18(27)6-13-23(24)28)36(33,34)22-11-4-17(26)5-12-22/h4-13,15,20H,2-3,14,16H2,1H3,(H,29,32). The molecule has 0 radical (unpaired) electrons. The lowest BCUT2D eigenvalue weighted by Crippen LogP contribution is -2.53. The van der Waals surface area contributed by atoms with Crippen LogP contribution in [0.4, 0.5) is 25.0 Å². The summed E-state index contributed by atoms with van der Waals surface area (Å²) in [6, 6.07) is 13.5. The van der Waals surface area contributed by atoms with E-state index in [0.717, 1.165) is 22.5 Å². The maximum atomic E-state index is 14.9. The van der Waals surface area contributed by atoms with Gasteiger partial charge in [0.1, 0.15) is 17.4 Å². The number of carbonyl (C=O) groups is 1. The van der Waals surface area contributed by atoms with Gasteiger partial charge in [-0.3, -0.25) is 4.31 Å². The zero-order valence-corrected chi connectivity index (χ0v) is 20.9. The van der Waals surface area contributed by atoms with Gasteiger partial charge in [0.25, 0.3) is 10.0 Å². The fourth-order valence-corrected chi connectivity index (χ4v) is 5.90. The monoisotopic (exact) mass is 535 g/mol. The van der Waals surface area contributed by atoms with Crippen LogP contribution in [-0.4, -0.2) is 45.6 Å². The van der Waals surface area contributed by atoms with Crippen LogP contribution < -0.4 is 14.4 Å². The third kappa shape index (κ3) is 5.55. The van der Waals surface area contributed by atoms with Crippen molar-refractivity contribution >= 4 is 39.0 Å². The summed E-state index contributed by atoms with van der Waals surface area (Å²) in [5, 5.41) is 3.10. The van der Waals surface area contributed by atoms with Crippen LogP contribution in [0.15, 0.2) is 71.6 Å². The van der Waals surface area contributed by atoms with Gasteiger partial charge in [-0.15, -0.1) is 0 Å². The first-order valence-electron chi connectivity index (χ1n) is 11.1. The largest absolute Gasteiger partial charge is 0.497 e. The number of methoxy groups -OCH3 is 1. The molecule has 0 bridgehead atoms. The number of nitrogens with zero attached hydrogens (tertiary/aromatic N) is 2. The van der Waals surface area contributed by atoms with Crippen molar-refractivity contribution in [2.24, 2.45) is 0 Å². The number of anilines is 2. The number of urea groups is 1. The predicted molar refractivity (Wildman–Crippen MR) is 134 cm³/mol. The highest BCUT2D eigenvalue weighted by molar-refractivity contribution is 7.92. The van der Waals surface area contributed by atoms with Gasteiger partial charge in [-0.25, -0.2) is 22.0 Å². The molecule has 1 aliphatic heterocycles. The Balaban J connectivity index is 1.65. The summed E-state index contributed by atoms with van der Waals surface area (Å²) in [6.45, 7) is 0.351. The summed E-state index contributed by atoms with van der Waals surface area (Å²) < 4.78 is 62.4. The minimum absolute atomic E-state index is 0.0231. The molecule has 3 aromatic carbocycles. The highest BCUT2D eigenvalue weighted by Gasteiger charge is 2.37. The van der Waals surface area contributed by atoms with E-state index in [1.165, 1.54) is 36.3 Å². The smallest absolute Gasteiger partial charge is 0.321 e. The lowest BCUT2D eigenvalue weighted by molar-refractivity contribution is 0.193. The quantitative estimate of drug-likeness (QED) is 0.451. The van der Waals surface area contributed by atoms with Crippen LogP contribution in [0.3, 0.4) is 0 Å². The first-order valence-corrected chi connectivity index (χ1v) is 13.0. The Morgan fingerprint density at radius 2 is 1.78 bits per heavy atom. The van der Waals surface area contributed by atoms with E-state index in [9.17, 15) is 22.0 Å². The Morgan fingerprint density at radius 1 is 1.08 bits per heavy atom. The molecule has 190 valence electrons. The second-order valence-corrected chi connectivity index (χ2v) is 10.5. The summed E-state index contributed by atoms with van der Waals surface area (Å²) in [5.74, 6) is -1.05. The maximum absolute atomic E-state index is 14.9. The molecule has 11 heteroatoms. The normalized spacial score (nSPS) is 15.9. The van der Waals surface area contributed by atoms with Crippen molar-refractivity contribution in [1.82, 2.24) is 4.90 Å². The molecule has 1 fully saturated rings. The molecule has 1 heterocycles. The van der Waals surface area contributed by atoms with Crippen molar-refractivity contribution in [2.45, 2.75) is 23.8 Å². The highest BCUT2D eigenvalue weighted by Crippen LogP contribution is 2.33. The van der Waals surface area contributed by atoms with Gasteiger partial charge in [0, 0.05) is 29.9 Å². The van der Waals surface area contributed by atoms with Gasteiger partial charge in [0.2, 0.25) is 0 Å². The number of likely N-dealkylation sites (tertiary alicyclic amines) is 1. The molecule has 1 atom stereocenters. The molecule has 1 unspecified atom stereocenters. The second kappa shape index (κ2) is 10.7. The molecule has 7 nitrogen and oxygen atoms in total.